The minimum absolute atomic E-state index is 0.0302. The van der Waals surface area contributed by atoms with E-state index in [-0.39, 0.29) is 17.7 Å². The molecule has 4 nitrogen and oxygen atoms in total. The highest BCUT2D eigenvalue weighted by molar-refractivity contribution is 5.96. The molecule has 1 amide bonds. The van der Waals surface area contributed by atoms with Gasteiger partial charge in [-0.1, -0.05) is 19.3 Å². The van der Waals surface area contributed by atoms with Crippen LogP contribution in [0.4, 0.5) is 5.69 Å². The van der Waals surface area contributed by atoms with Gasteiger partial charge in [0.1, 0.15) is 0 Å². The molecule has 1 saturated carbocycles. The van der Waals surface area contributed by atoms with Gasteiger partial charge in [0.2, 0.25) is 0 Å². The van der Waals surface area contributed by atoms with Crippen molar-refractivity contribution in [3.05, 3.63) is 29.8 Å². The molecule has 0 unspecified atom stereocenters. The van der Waals surface area contributed by atoms with Crippen molar-refractivity contribution in [1.82, 2.24) is 0 Å². The van der Waals surface area contributed by atoms with Gasteiger partial charge in [-0.3, -0.25) is 9.59 Å². The molecule has 1 atom stereocenters. The number of anilines is 1. The number of rotatable bonds is 5. The number of nitrogens with one attached hydrogen (secondary N) is 1. The van der Waals surface area contributed by atoms with Crippen LogP contribution in [0.5, 0.6) is 0 Å². The smallest absolute Gasteiger partial charge is 0.282 e. The number of ketones is 1. The predicted molar refractivity (Wildman–Crippen MR) is 92.6 cm³/mol. The number of nitrogens with two attached hydrogens (primary N) is 1. The fourth-order valence-electron chi connectivity index (χ4n) is 3.22. The van der Waals surface area contributed by atoms with Gasteiger partial charge in [0.25, 0.3) is 5.91 Å². The Labute approximate surface area is 139 Å². The van der Waals surface area contributed by atoms with Gasteiger partial charge in [0, 0.05) is 11.3 Å². The molecule has 126 valence electrons. The lowest BCUT2D eigenvalue weighted by Gasteiger charge is -2.21. The molecule has 0 saturated heterocycles. The summed E-state index contributed by atoms with van der Waals surface area (Å²) in [6.45, 7) is 3.51. The van der Waals surface area contributed by atoms with Crippen LogP contribution in [0, 0.1) is 0 Å². The number of quaternary nitrogens is 1. The first kappa shape index (κ1) is 17.7. The van der Waals surface area contributed by atoms with Crippen LogP contribution in [0.15, 0.2) is 24.3 Å². The highest BCUT2D eigenvalue weighted by Gasteiger charge is 2.22. The van der Waals surface area contributed by atoms with Crippen molar-refractivity contribution in [2.45, 2.75) is 70.9 Å². The van der Waals surface area contributed by atoms with E-state index in [1.54, 1.807) is 31.2 Å². The first-order valence-corrected chi connectivity index (χ1v) is 8.83. The molecule has 0 spiro atoms. The minimum Gasteiger partial charge on any atom is -0.334 e. The molecule has 2 rings (SSSR count). The van der Waals surface area contributed by atoms with Crippen LogP contribution in [0.1, 0.15) is 69.2 Å². The quantitative estimate of drug-likeness (QED) is 0.820. The SMILES string of the molecule is CC(=O)c1ccc(NC(=O)[C@@H](C)[NH2+]C2CCCCCCC2)cc1. The highest BCUT2D eigenvalue weighted by atomic mass is 16.2. The van der Waals surface area contributed by atoms with Gasteiger partial charge < -0.3 is 10.6 Å². The lowest BCUT2D eigenvalue weighted by atomic mass is 9.96. The number of Topliss-reactive ketones (excluding diaryl/α,β-unsaturated/α-hetero) is 1. The van der Waals surface area contributed by atoms with Crippen LogP contribution in [0.25, 0.3) is 0 Å². The molecule has 23 heavy (non-hydrogen) atoms. The van der Waals surface area contributed by atoms with Gasteiger partial charge in [-0.25, -0.2) is 0 Å². The van der Waals surface area contributed by atoms with Gasteiger partial charge >= 0.3 is 0 Å². The van der Waals surface area contributed by atoms with E-state index < -0.39 is 0 Å². The predicted octanol–water partition coefficient (Wildman–Crippen LogP) is 2.89. The zero-order chi connectivity index (χ0) is 16.7. The van der Waals surface area contributed by atoms with Crippen LogP contribution < -0.4 is 10.6 Å². The van der Waals surface area contributed by atoms with Crippen molar-refractivity contribution in [3.63, 3.8) is 0 Å². The molecule has 1 aromatic carbocycles. The first-order chi connectivity index (χ1) is 11.1. The van der Waals surface area contributed by atoms with Crippen LogP contribution in [-0.2, 0) is 4.79 Å². The molecule has 4 heteroatoms. The van der Waals surface area contributed by atoms with Gasteiger partial charge in [-0.15, -0.1) is 0 Å². The number of hydrogen-bond donors (Lipinski definition) is 2. The van der Waals surface area contributed by atoms with E-state index >= 15 is 0 Å². The summed E-state index contributed by atoms with van der Waals surface area (Å²) in [6, 6.07) is 7.55. The molecule has 0 aromatic heterocycles. The Bertz CT molecular complexity index is 517. The van der Waals surface area contributed by atoms with E-state index in [4.69, 9.17) is 0 Å². The summed E-state index contributed by atoms with van der Waals surface area (Å²) in [5.74, 6) is 0.0662. The normalized spacial score (nSPS) is 17.8. The van der Waals surface area contributed by atoms with Crippen molar-refractivity contribution in [2.24, 2.45) is 0 Å². The maximum absolute atomic E-state index is 12.3. The van der Waals surface area contributed by atoms with Crippen molar-refractivity contribution >= 4 is 17.4 Å². The maximum Gasteiger partial charge on any atom is 0.282 e. The third-order valence-corrected chi connectivity index (χ3v) is 4.68. The summed E-state index contributed by atoms with van der Waals surface area (Å²) in [5, 5.41) is 5.17. The van der Waals surface area contributed by atoms with Gasteiger partial charge in [-0.2, -0.15) is 0 Å². The van der Waals surface area contributed by atoms with E-state index in [0.29, 0.717) is 11.6 Å². The van der Waals surface area contributed by atoms with Crippen molar-refractivity contribution in [1.29, 1.82) is 0 Å². The number of hydrogen-bond acceptors (Lipinski definition) is 2. The molecule has 0 heterocycles. The van der Waals surface area contributed by atoms with Crippen LogP contribution in [0.2, 0.25) is 0 Å². The second-order valence-corrected chi connectivity index (χ2v) is 6.71. The first-order valence-electron chi connectivity index (χ1n) is 8.83. The van der Waals surface area contributed by atoms with E-state index in [2.05, 4.69) is 10.6 Å². The van der Waals surface area contributed by atoms with E-state index in [1.807, 2.05) is 6.92 Å². The molecule has 1 fully saturated rings. The van der Waals surface area contributed by atoms with Crippen molar-refractivity contribution in [3.8, 4) is 0 Å². The average molecular weight is 317 g/mol. The summed E-state index contributed by atoms with van der Waals surface area (Å²) in [4.78, 5) is 23.6. The van der Waals surface area contributed by atoms with E-state index in [0.717, 1.165) is 5.69 Å². The Kier molecular flexibility index (Phi) is 6.78. The molecule has 1 aliphatic rings. The van der Waals surface area contributed by atoms with Crippen LogP contribution >= 0.6 is 0 Å². The number of amides is 1. The Morgan fingerprint density at radius 1 is 1.04 bits per heavy atom. The molecule has 0 bridgehead atoms. The Hall–Kier alpha value is -1.68. The van der Waals surface area contributed by atoms with Crippen molar-refractivity contribution < 1.29 is 14.9 Å². The van der Waals surface area contributed by atoms with Gasteiger partial charge in [0.15, 0.2) is 11.8 Å². The summed E-state index contributed by atoms with van der Waals surface area (Å²) in [7, 11) is 0. The Balaban J connectivity index is 1.84. The van der Waals surface area contributed by atoms with E-state index in [1.165, 1.54) is 44.9 Å². The largest absolute Gasteiger partial charge is 0.334 e. The third-order valence-electron chi connectivity index (χ3n) is 4.68. The third kappa shape index (κ3) is 5.79. The van der Waals surface area contributed by atoms with Crippen LogP contribution in [0.3, 0.4) is 0 Å². The molecule has 1 aromatic rings. The van der Waals surface area contributed by atoms with Crippen LogP contribution in [-0.4, -0.2) is 23.8 Å². The lowest BCUT2D eigenvalue weighted by molar-refractivity contribution is -0.707. The van der Waals surface area contributed by atoms with Gasteiger partial charge in [0.05, 0.1) is 6.04 Å². The summed E-state index contributed by atoms with van der Waals surface area (Å²) in [6.07, 6.45) is 9.00. The average Bonchev–Trinajstić information content (AvgIpc) is 2.50. The summed E-state index contributed by atoms with van der Waals surface area (Å²) < 4.78 is 0. The molecule has 0 aliphatic heterocycles. The minimum atomic E-state index is -0.0908. The zero-order valence-corrected chi connectivity index (χ0v) is 14.3. The zero-order valence-electron chi connectivity index (χ0n) is 14.3. The molecular formula is C19H29N2O2+. The second kappa shape index (κ2) is 8.82. The summed E-state index contributed by atoms with van der Waals surface area (Å²) in [5.41, 5.74) is 1.41. The number of carbonyl (C=O) groups is 2. The van der Waals surface area contributed by atoms with Crippen molar-refractivity contribution in [2.75, 3.05) is 5.32 Å². The fourth-order valence-corrected chi connectivity index (χ4v) is 3.22. The Morgan fingerprint density at radius 2 is 1.61 bits per heavy atom. The van der Waals surface area contributed by atoms with Gasteiger partial charge in [-0.05, 0) is 63.8 Å². The lowest BCUT2D eigenvalue weighted by Crippen LogP contribution is -2.96. The number of carbonyl (C=O) groups excluding carboxylic acids is 2. The standard InChI is InChI=1S/C19H28N2O2/c1-14(20-17-8-6-4-3-5-7-9-17)19(23)21-18-12-10-16(11-13-18)15(2)22/h10-14,17,20H,3-9H2,1-2H3,(H,21,23)/p+1/t14-/m1/s1. The van der Waals surface area contributed by atoms with E-state index in [9.17, 15) is 9.59 Å². The fraction of sp³-hybridized carbons (Fsp3) is 0.579. The Morgan fingerprint density at radius 3 is 2.17 bits per heavy atom. The summed E-state index contributed by atoms with van der Waals surface area (Å²) >= 11 is 0. The molecular weight excluding hydrogens is 288 g/mol. The highest BCUT2D eigenvalue weighted by Crippen LogP contribution is 2.15. The molecule has 1 aliphatic carbocycles. The maximum atomic E-state index is 12.3. The topological polar surface area (TPSA) is 62.8 Å². The molecule has 3 N–H and O–H groups in total. The number of benzene rings is 1. The monoisotopic (exact) mass is 317 g/mol. The molecule has 0 radical (unpaired) electrons. The second-order valence-electron chi connectivity index (χ2n) is 6.71.